The van der Waals surface area contributed by atoms with Crippen LogP contribution in [0.1, 0.15) is 13.8 Å². The number of rotatable bonds is 8. The van der Waals surface area contributed by atoms with Crippen molar-refractivity contribution in [3.8, 4) is 0 Å². The van der Waals surface area contributed by atoms with Crippen LogP contribution in [-0.4, -0.2) is 49.3 Å². The summed E-state index contributed by atoms with van der Waals surface area (Å²) in [6.45, 7) is 10.3. The zero-order chi connectivity index (χ0) is 11.8. The summed E-state index contributed by atoms with van der Waals surface area (Å²) >= 11 is 0. The molecule has 0 bridgehead atoms. The molecule has 0 spiro atoms. The van der Waals surface area contributed by atoms with Crippen LogP contribution < -0.4 is 0 Å². The topological polar surface area (TPSA) is 49.8 Å². The summed E-state index contributed by atoms with van der Waals surface area (Å²) < 4.78 is 4.98. The SMILES string of the molecule is C=C(CN(CCOC)CC(C)C)C(=O)O. The van der Waals surface area contributed by atoms with Gasteiger partial charge < -0.3 is 9.84 Å². The van der Waals surface area contributed by atoms with Crippen molar-refractivity contribution in [3.05, 3.63) is 12.2 Å². The van der Waals surface area contributed by atoms with Gasteiger partial charge in [-0.25, -0.2) is 4.79 Å². The molecule has 0 rings (SSSR count). The summed E-state index contributed by atoms with van der Waals surface area (Å²) in [6, 6.07) is 0. The summed E-state index contributed by atoms with van der Waals surface area (Å²) in [4.78, 5) is 12.7. The van der Waals surface area contributed by atoms with Crippen LogP contribution in [0, 0.1) is 5.92 Å². The van der Waals surface area contributed by atoms with Gasteiger partial charge in [0, 0.05) is 32.3 Å². The van der Waals surface area contributed by atoms with E-state index in [2.05, 4.69) is 20.4 Å². The van der Waals surface area contributed by atoms with Crippen molar-refractivity contribution >= 4 is 5.97 Å². The number of carboxylic acid groups (broad SMARTS) is 1. The number of hydrogen-bond donors (Lipinski definition) is 1. The third-order valence-electron chi connectivity index (χ3n) is 1.95. The molecule has 4 nitrogen and oxygen atoms in total. The van der Waals surface area contributed by atoms with E-state index in [4.69, 9.17) is 9.84 Å². The van der Waals surface area contributed by atoms with E-state index in [9.17, 15) is 4.79 Å². The van der Waals surface area contributed by atoms with Gasteiger partial charge in [0.1, 0.15) is 0 Å². The monoisotopic (exact) mass is 215 g/mol. The van der Waals surface area contributed by atoms with Gasteiger partial charge in [-0.15, -0.1) is 0 Å². The van der Waals surface area contributed by atoms with E-state index in [1.165, 1.54) is 0 Å². The summed E-state index contributed by atoms with van der Waals surface area (Å²) in [5, 5.41) is 8.73. The molecule has 0 radical (unpaired) electrons. The fraction of sp³-hybridized carbons (Fsp3) is 0.727. The Bertz CT molecular complexity index is 214. The van der Waals surface area contributed by atoms with E-state index in [1.54, 1.807) is 7.11 Å². The Kier molecular flexibility index (Phi) is 6.99. The quantitative estimate of drug-likeness (QED) is 0.619. The number of aliphatic carboxylic acids is 1. The Morgan fingerprint density at radius 1 is 1.53 bits per heavy atom. The fourth-order valence-electron chi connectivity index (χ4n) is 1.31. The molecule has 1 N–H and O–H groups in total. The highest BCUT2D eigenvalue weighted by atomic mass is 16.5. The minimum absolute atomic E-state index is 0.228. The van der Waals surface area contributed by atoms with Gasteiger partial charge in [-0.05, 0) is 5.92 Å². The molecule has 0 fully saturated rings. The van der Waals surface area contributed by atoms with Crippen LogP contribution in [0.25, 0.3) is 0 Å². The molecule has 0 amide bonds. The highest BCUT2D eigenvalue weighted by Crippen LogP contribution is 2.02. The molecular formula is C11H21NO3. The van der Waals surface area contributed by atoms with Crippen molar-refractivity contribution in [2.75, 3.05) is 33.4 Å². The smallest absolute Gasteiger partial charge is 0.332 e. The first-order chi connectivity index (χ1) is 6.97. The Hall–Kier alpha value is -0.870. The lowest BCUT2D eigenvalue weighted by Gasteiger charge is -2.23. The van der Waals surface area contributed by atoms with Crippen LogP contribution in [0.4, 0.5) is 0 Å². The lowest BCUT2D eigenvalue weighted by atomic mass is 10.2. The van der Waals surface area contributed by atoms with E-state index < -0.39 is 5.97 Å². The Labute approximate surface area is 91.5 Å². The maximum Gasteiger partial charge on any atom is 0.332 e. The van der Waals surface area contributed by atoms with E-state index >= 15 is 0 Å². The number of methoxy groups -OCH3 is 1. The normalized spacial score (nSPS) is 11.0. The van der Waals surface area contributed by atoms with Crippen LogP contribution in [0.3, 0.4) is 0 Å². The Morgan fingerprint density at radius 3 is 2.53 bits per heavy atom. The van der Waals surface area contributed by atoms with Gasteiger partial charge in [-0.2, -0.15) is 0 Å². The van der Waals surface area contributed by atoms with Gasteiger partial charge >= 0.3 is 5.97 Å². The van der Waals surface area contributed by atoms with E-state index in [-0.39, 0.29) is 5.57 Å². The van der Waals surface area contributed by atoms with Crippen LogP contribution in [0.2, 0.25) is 0 Å². The first kappa shape index (κ1) is 14.1. The Morgan fingerprint density at radius 2 is 2.13 bits per heavy atom. The molecule has 0 saturated carbocycles. The van der Waals surface area contributed by atoms with Gasteiger partial charge in [0.25, 0.3) is 0 Å². The van der Waals surface area contributed by atoms with Crippen LogP contribution in [-0.2, 0) is 9.53 Å². The molecule has 0 aromatic heterocycles. The summed E-state index contributed by atoms with van der Waals surface area (Å²) in [6.07, 6.45) is 0. The summed E-state index contributed by atoms with van der Waals surface area (Å²) in [7, 11) is 1.64. The highest BCUT2D eigenvalue weighted by Gasteiger charge is 2.12. The third kappa shape index (κ3) is 7.11. The van der Waals surface area contributed by atoms with Gasteiger partial charge in [0.05, 0.1) is 6.61 Å². The fourth-order valence-corrected chi connectivity index (χ4v) is 1.31. The van der Waals surface area contributed by atoms with Crippen molar-refractivity contribution < 1.29 is 14.6 Å². The molecule has 0 saturated heterocycles. The number of ether oxygens (including phenoxy) is 1. The highest BCUT2D eigenvalue weighted by molar-refractivity contribution is 5.86. The number of nitrogens with zero attached hydrogens (tertiary/aromatic N) is 1. The van der Waals surface area contributed by atoms with Gasteiger partial charge in [0.2, 0.25) is 0 Å². The Balaban J connectivity index is 4.10. The third-order valence-corrected chi connectivity index (χ3v) is 1.95. The minimum atomic E-state index is -0.929. The zero-order valence-electron chi connectivity index (χ0n) is 9.82. The van der Waals surface area contributed by atoms with Gasteiger partial charge in [-0.3, -0.25) is 4.90 Å². The predicted octanol–water partition coefficient (Wildman–Crippen LogP) is 1.23. The largest absolute Gasteiger partial charge is 0.478 e. The van der Waals surface area contributed by atoms with Crippen LogP contribution in [0.5, 0.6) is 0 Å². The van der Waals surface area contributed by atoms with Crippen molar-refractivity contribution in [2.24, 2.45) is 5.92 Å². The molecule has 0 heterocycles. The summed E-state index contributed by atoms with van der Waals surface area (Å²) in [5.74, 6) is -0.426. The molecule has 88 valence electrons. The van der Waals surface area contributed by atoms with Crippen molar-refractivity contribution in [1.82, 2.24) is 4.90 Å². The number of carboxylic acids is 1. The second kappa shape index (κ2) is 7.43. The molecule has 0 aliphatic heterocycles. The maximum atomic E-state index is 10.6. The molecule has 0 aromatic rings. The van der Waals surface area contributed by atoms with Crippen molar-refractivity contribution in [2.45, 2.75) is 13.8 Å². The average Bonchev–Trinajstić information content (AvgIpc) is 2.13. The van der Waals surface area contributed by atoms with Gasteiger partial charge in [-0.1, -0.05) is 20.4 Å². The molecule has 15 heavy (non-hydrogen) atoms. The molecule has 0 aliphatic rings. The second-order valence-electron chi connectivity index (χ2n) is 4.03. The van der Waals surface area contributed by atoms with E-state index in [1.807, 2.05) is 4.90 Å². The molecule has 0 unspecified atom stereocenters. The lowest BCUT2D eigenvalue weighted by Crippen LogP contribution is -2.33. The van der Waals surface area contributed by atoms with Crippen molar-refractivity contribution in [1.29, 1.82) is 0 Å². The molecular weight excluding hydrogens is 194 g/mol. The second-order valence-corrected chi connectivity index (χ2v) is 4.03. The van der Waals surface area contributed by atoms with Crippen molar-refractivity contribution in [3.63, 3.8) is 0 Å². The van der Waals surface area contributed by atoms with E-state index in [0.717, 1.165) is 13.1 Å². The average molecular weight is 215 g/mol. The van der Waals surface area contributed by atoms with Crippen LogP contribution in [0.15, 0.2) is 12.2 Å². The molecule has 0 aliphatic carbocycles. The zero-order valence-corrected chi connectivity index (χ0v) is 9.82. The lowest BCUT2D eigenvalue weighted by molar-refractivity contribution is -0.132. The minimum Gasteiger partial charge on any atom is -0.478 e. The number of hydrogen-bond acceptors (Lipinski definition) is 3. The number of carbonyl (C=O) groups is 1. The molecule has 0 aromatic carbocycles. The molecule has 0 atom stereocenters. The first-order valence-corrected chi connectivity index (χ1v) is 5.09. The first-order valence-electron chi connectivity index (χ1n) is 5.09. The summed E-state index contributed by atoms with van der Waals surface area (Å²) in [5.41, 5.74) is 0.228. The standard InChI is InChI=1S/C11H21NO3/c1-9(2)7-12(5-6-15-4)8-10(3)11(13)14/h9H,3,5-8H2,1-2,4H3,(H,13,14). The van der Waals surface area contributed by atoms with Crippen LogP contribution >= 0.6 is 0 Å². The maximum absolute atomic E-state index is 10.6. The predicted molar refractivity (Wildman–Crippen MR) is 59.9 cm³/mol. The molecule has 4 heteroatoms. The van der Waals surface area contributed by atoms with Gasteiger partial charge in [0.15, 0.2) is 0 Å². The van der Waals surface area contributed by atoms with E-state index in [0.29, 0.717) is 19.1 Å².